The number of rotatable bonds is 9. The van der Waals surface area contributed by atoms with Crippen LogP contribution in [0.15, 0.2) is 59.4 Å². The lowest BCUT2D eigenvalue weighted by Crippen LogP contribution is -2.43. The van der Waals surface area contributed by atoms with Gasteiger partial charge in [-0.2, -0.15) is 5.10 Å². The Morgan fingerprint density at radius 2 is 1.85 bits per heavy atom. The summed E-state index contributed by atoms with van der Waals surface area (Å²) in [6, 6.07) is 16.2. The second kappa shape index (κ2) is 10.8. The summed E-state index contributed by atoms with van der Waals surface area (Å²) in [7, 11) is 1.32. The van der Waals surface area contributed by atoms with E-state index in [2.05, 4.69) is 6.92 Å². The number of methoxy groups -OCH3 is 1. The van der Waals surface area contributed by atoms with Crippen molar-refractivity contribution < 1.29 is 19.1 Å². The van der Waals surface area contributed by atoms with E-state index in [1.54, 1.807) is 28.9 Å². The minimum Gasteiger partial charge on any atom is -0.464 e. The number of benzene rings is 2. The molecule has 0 atom stereocenters. The third-order valence-corrected chi connectivity index (χ3v) is 7.25. The Balaban J connectivity index is 1.73. The van der Waals surface area contributed by atoms with Gasteiger partial charge >= 0.3 is 5.97 Å². The number of halogens is 1. The smallest absolute Gasteiger partial charge is 0.356 e. The first-order valence-electron chi connectivity index (χ1n) is 12.9. The van der Waals surface area contributed by atoms with Gasteiger partial charge in [-0.3, -0.25) is 18.8 Å². The molecule has 4 aromatic rings. The molecule has 2 aromatic carbocycles. The number of Topliss-reactive ketones (excluding diaryl/α,β-unsaturated/α-hetero) is 1. The van der Waals surface area contributed by atoms with Gasteiger partial charge in [0.25, 0.3) is 5.56 Å². The van der Waals surface area contributed by atoms with Crippen LogP contribution >= 0.6 is 11.6 Å². The number of fused-ring (bicyclic) bond motifs is 1. The van der Waals surface area contributed by atoms with E-state index >= 15 is 0 Å². The largest absolute Gasteiger partial charge is 0.464 e. The summed E-state index contributed by atoms with van der Waals surface area (Å²) in [5.74, 6) is -0.674. The van der Waals surface area contributed by atoms with Crippen LogP contribution in [0.5, 0.6) is 0 Å². The van der Waals surface area contributed by atoms with Crippen LogP contribution in [0.3, 0.4) is 0 Å². The molecule has 39 heavy (non-hydrogen) atoms. The molecule has 1 saturated heterocycles. The van der Waals surface area contributed by atoms with Gasteiger partial charge in [0.05, 0.1) is 44.8 Å². The highest BCUT2D eigenvalue weighted by atomic mass is 35.5. The zero-order valence-corrected chi connectivity index (χ0v) is 23.0. The number of pyridine rings is 1. The second-order valence-electron chi connectivity index (χ2n) is 10.3. The molecular weight excluding hydrogens is 518 g/mol. The van der Waals surface area contributed by atoms with E-state index in [1.165, 1.54) is 11.7 Å². The van der Waals surface area contributed by atoms with Crippen LogP contribution < -0.4 is 5.56 Å². The number of hydrogen-bond acceptors (Lipinski definition) is 6. The summed E-state index contributed by atoms with van der Waals surface area (Å²) in [6.45, 7) is 5.57. The highest BCUT2D eigenvalue weighted by Gasteiger charge is 2.35. The Hall–Kier alpha value is -3.75. The zero-order valence-electron chi connectivity index (χ0n) is 22.2. The fourth-order valence-corrected chi connectivity index (χ4v) is 5.28. The monoisotopic (exact) mass is 547 g/mol. The molecular formula is C30H30ClN3O5. The van der Waals surface area contributed by atoms with E-state index in [0.717, 1.165) is 5.56 Å². The molecule has 1 fully saturated rings. The van der Waals surface area contributed by atoms with Crippen molar-refractivity contribution in [3.63, 3.8) is 0 Å². The normalized spacial score (nSPS) is 14.3. The molecule has 5 rings (SSSR count). The van der Waals surface area contributed by atoms with E-state index in [-0.39, 0.29) is 35.4 Å². The molecule has 202 valence electrons. The molecule has 3 heterocycles. The summed E-state index contributed by atoms with van der Waals surface area (Å²) >= 11 is 6.37. The van der Waals surface area contributed by atoms with E-state index in [0.29, 0.717) is 58.9 Å². The van der Waals surface area contributed by atoms with Crippen LogP contribution in [-0.2, 0) is 22.6 Å². The standard InChI is InChI=1S/C30H30ClN3O5/c1-4-8-25(35)27-26(19-9-6-5-7-10-19)23-13-20(31)11-12-22(23)28(36)33(27)15-21-14-24(29(37)38-3)34(32-21)16-30(2)17-39-18-30/h5-7,9-14H,4,8,15-18H2,1-3H3. The molecule has 0 bridgehead atoms. The maximum Gasteiger partial charge on any atom is 0.356 e. The predicted molar refractivity (Wildman–Crippen MR) is 149 cm³/mol. The summed E-state index contributed by atoms with van der Waals surface area (Å²) in [4.78, 5) is 40.2. The van der Waals surface area contributed by atoms with E-state index in [9.17, 15) is 14.4 Å². The number of aromatic nitrogens is 3. The van der Waals surface area contributed by atoms with Crippen molar-refractivity contribution in [2.24, 2.45) is 5.41 Å². The molecule has 0 saturated carbocycles. The second-order valence-corrected chi connectivity index (χ2v) is 10.8. The minimum atomic E-state index is -0.523. The highest BCUT2D eigenvalue weighted by molar-refractivity contribution is 6.31. The fourth-order valence-electron chi connectivity index (χ4n) is 5.10. The van der Waals surface area contributed by atoms with Crippen LogP contribution in [0.2, 0.25) is 5.02 Å². The molecule has 2 aromatic heterocycles. The van der Waals surface area contributed by atoms with Gasteiger partial charge in [0.15, 0.2) is 5.78 Å². The van der Waals surface area contributed by atoms with Crippen LogP contribution in [0, 0.1) is 5.41 Å². The number of hydrogen-bond donors (Lipinski definition) is 0. The molecule has 9 heteroatoms. The Kier molecular flexibility index (Phi) is 7.42. The molecule has 0 N–H and O–H groups in total. The topological polar surface area (TPSA) is 92.4 Å². The lowest BCUT2D eigenvalue weighted by molar-refractivity contribution is -0.111. The number of carbonyl (C=O) groups is 2. The molecule has 0 spiro atoms. The van der Waals surface area contributed by atoms with Gasteiger partial charge in [-0.15, -0.1) is 0 Å². The molecule has 0 unspecified atom stereocenters. The van der Waals surface area contributed by atoms with Crippen molar-refractivity contribution in [3.8, 4) is 11.1 Å². The Morgan fingerprint density at radius 3 is 2.49 bits per heavy atom. The minimum absolute atomic E-state index is 0.00618. The van der Waals surface area contributed by atoms with Gasteiger partial charge in [0.2, 0.25) is 0 Å². The van der Waals surface area contributed by atoms with Gasteiger partial charge in [-0.1, -0.05) is 55.8 Å². The summed E-state index contributed by atoms with van der Waals surface area (Å²) in [5.41, 5.74) is 2.03. The maximum absolute atomic E-state index is 13.9. The summed E-state index contributed by atoms with van der Waals surface area (Å²) < 4.78 is 13.5. The van der Waals surface area contributed by atoms with Gasteiger partial charge < -0.3 is 9.47 Å². The van der Waals surface area contributed by atoms with Crippen LogP contribution in [0.25, 0.3) is 21.9 Å². The summed E-state index contributed by atoms with van der Waals surface area (Å²) in [6.07, 6.45) is 0.891. The third-order valence-electron chi connectivity index (χ3n) is 7.01. The first kappa shape index (κ1) is 26.8. The van der Waals surface area contributed by atoms with Crippen molar-refractivity contribution in [1.82, 2.24) is 14.3 Å². The number of ketones is 1. The van der Waals surface area contributed by atoms with E-state index in [1.807, 2.05) is 37.3 Å². The van der Waals surface area contributed by atoms with Crippen molar-refractivity contribution in [2.45, 2.75) is 39.8 Å². The molecule has 0 aliphatic carbocycles. The Bertz CT molecular complexity index is 1620. The van der Waals surface area contributed by atoms with Gasteiger partial charge in [0.1, 0.15) is 5.69 Å². The first-order valence-corrected chi connectivity index (χ1v) is 13.3. The average Bonchev–Trinajstić information content (AvgIpc) is 3.30. The SMILES string of the molecule is CCCC(=O)c1c(-c2ccccc2)c2cc(Cl)ccc2c(=O)n1Cc1cc(C(=O)OC)n(CC2(C)COC2)n1. The molecule has 0 amide bonds. The van der Waals surface area contributed by atoms with Crippen LogP contribution in [0.4, 0.5) is 0 Å². The summed E-state index contributed by atoms with van der Waals surface area (Å²) in [5, 5.41) is 6.23. The first-order chi connectivity index (χ1) is 18.7. The highest BCUT2D eigenvalue weighted by Crippen LogP contribution is 2.34. The molecule has 1 aliphatic rings. The Morgan fingerprint density at radius 1 is 1.10 bits per heavy atom. The predicted octanol–water partition coefficient (Wildman–Crippen LogP) is 5.37. The quantitative estimate of drug-likeness (QED) is 0.206. The van der Waals surface area contributed by atoms with Crippen molar-refractivity contribution in [1.29, 1.82) is 0 Å². The molecule has 0 radical (unpaired) electrons. The average molecular weight is 548 g/mol. The molecule has 1 aliphatic heterocycles. The van der Waals surface area contributed by atoms with Crippen LogP contribution in [-0.4, -0.2) is 46.4 Å². The fraction of sp³-hybridized carbons (Fsp3) is 0.333. The number of carbonyl (C=O) groups excluding carboxylic acids is 2. The van der Waals surface area contributed by atoms with Crippen LogP contribution in [0.1, 0.15) is 53.4 Å². The lowest BCUT2D eigenvalue weighted by Gasteiger charge is -2.38. The van der Waals surface area contributed by atoms with Crippen molar-refractivity contribution >= 4 is 34.1 Å². The molecule has 8 nitrogen and oxygen atoms in total. The van der Waals surface area contributed by atoms with Crippen molar-refractivity contribution in [2.75, 3.05) is 20.3 Å². The zero-order chi connectivity index (χ0) is 27.7. The van der Waals surface area contributed by atoms with Gasteiger partial charge in [-0.05, 0) is 41.6 Å². The van der Waals surface area contributed by atoms with E-state index < -0.39 is 5.97 Å². The Labute approximate surface area is 231 Å². The lowest BCUT2D eigenvalue weighted by atomic mass is 9.89. The number of esters is 1. The van der Waals surface area contributed by atoms with Gasteiger partial charge in [-0.25, -0.2) is 4.79 Å². The number of ether oxygens (including phenoxy) is 2. The third kappa shape index (κ3) is 5.14. The van der Waals surface area contributed by atoms with E-state index in [4.69, 9.17) is 26.2 Å². The van der Waals surface area contributed by atoms with Gasteiger partial charge in [0, 0.05) is 27.8 Å². The number of nitrogens with zero attached hydrogens (tertiary/aromatic N) is 3. The maximum atomic E-state index is 13.9. The van der Waals surface area contributed by atoms with Crippen molar-refractivity contribution in [3.05, 3.63) is 87.1 Å².